The van der Waals surface area contributed by atoms with Gasteiger partial charge in [-0.25, -0.2) is 0 Å². The van der Waals surface area contributed by atoms with Crippen LogP contribution in [0.2, 0.25) is 0 Å². The average molecular weight is 301 g/mol. The van der Waals surface area contributed by atoms with E-state index in [1.807, 2.05) is 11.3 Å². The van der Waals surface area contributed by atoms with Crippen molar-refractivity contribution >= 4 is 11.3 Å². The first-order valence-electron chi connectivity index (χ1n) is 7.86. The molecule has 1 heterocycles. The Morgan fingerprint density at radius 2 is 1.81 bits per heavy atom. The highest BCUT2D eigenvalue weighted by molar-refractivity contribution is 7.15. The third kappa shape index (κ3) is 3.96. The van der Waals surface area contributed by atoms with Crippen molar-refractivity contribution in [2.45, 2.75) is 52.5 Å². The van der Waals surface area contributed by atoms with E-state index in [4.69, 9.17) is 0 Å². The van der Waals surface area contributed by atoms with Gasteiger partial charge in [0.2, 0.25) is 0 Å². The lowest BCUT2D eigenvalue weighted by atomic mass is 9.83. The summed E-state index contributed by atoms with van der Waals surface area (Å²) in [5.74, 6) is 0. The maximum atomic E-state index is 3.57. The maximum absolute atomic E-state index is 3.57. The van der Waals surface area contributed by atoms with E-state index in [1.165, 1.54) is 27.3 Å². The molecule has 0 bridgehead atoms. The highest BCUT2D eigenvalue weighted by Crippen LogP contribution is 2.37. The lowest BCUT2D eigenvalue weighted by Gasteiger charge is -2.22. The van der Waals surface area contributed by atoms with Crippen molar-refractivity contribution in [2.24, 2.45) is 0 Å². The van der Waals surface area contributed by atoms with Crippen molar-refractivity contribution < 1.29 is 0 Å². The number of nitrogens with one attached hydrogen (secondary N) is 1. The molecule has 1 N–H and O–H groups in total. The van der Waals surface area contributed by atoms with Gasteiger partial charge in [-0.15, -0.1) is 11.3 Å². The molecular weight excluding hydrogens is 274 g/mol. The zero-order valence-corrected chi connectivity index (χ0v) is 14.7. The third-order valence-corrected chi connectivity index (χ3v) is 5.06. The summed E-state index contributed by atoms with van der Waals surface area (Å²) < 4.78 is 0. The second-order valence-corrected chi connectivity index (χ2v) is 7.79. The van der Waals surface area contributed by atoms with Gasteiger partial charge in [0, 0.05) is 15.8 Å². The molecule has 1 atom stereocenters. The fourth-order valence-electron chi connectivity index (χ4n) is 2.54. The second kappa shape index (κ2) is 6.76. The predicted molar refractivity (Wildman–Crippen MR) is 95.2 cm³/mol. The Morgan fingerprint density at radius 1 is 1.10 bits per heavy atom. The molecular formula is C19H27NS. The molecule has 2 aromatic rings. The SMILES string of the molecule is CCCNC(C)c1ccc(-c2ccccc2C(C)(C)C)s1. The molecule has 1 aromatic carbocycles. The molecule has 1 unspecified atom stereocenters. The van der Waals surface area contributed by atoms with E-state index < -0.39 is 0 Å². The number of rotatable bonds is 5. The number of hydrogen-bond donors (Lipinski definition) is 1. The van der Waals surface area contributed by atoms with Crippen LogP contribution < -0.4 is 5.32 Å². The standard InChI is InChI=1S/C19H27NS/c1-6-13-20-14(2)17-11-12-18(21-17)15-9-7-8-10-16(15)19(3,4)5/h7-12,14,20H,6,13H2,1-5H3. The molecule has 0 spiro atoms. The molecule has 1 nitrogen and oxygen atoms in total. The van der Waals surface area contributed by atoms with E-state index in [2.05, 4.69) is 76.3 Å². The van der Waals surface area contributed by atoms with Gasteiger partial charge >= 0.3 is 0 Å². The lowest BCUT2D eigenvalue weighted by molar-refractivity contribution is 0.578. The van der Waals surface area contributed by atoms with E-state index in [9.17, 15) is 0 Å². The maximum Gasteiger partial charge on any atom is 0.0386 e. The average Bonchev–Trinajstić information content (AvgIpc) is 2.93. The van der Waals surface area contributed by atoms with E-state index >= 15 is 0 Å². The quantitative estimate of drug-likeness (QED) is 0.739. The van der Waals surface area contributed by atoms with Gasteiger partial charge in [-0.2, -0.15) is 0 Å². The summed E-state index contributed by atoms with van der Waals surface area (Å²) in [6, 6.07) is 13.8. The Kier molecular flexibility index (Phi) is 5.23. The lowest BCUT2D eigenvalue weighted by Crippen LogP contribution is -2.18. The summed E-state index contributed by atoms with van der Waals surface area (Å²) >= 11 is 1.91. The summed E-state index contributed by atoms with van der Waals surface area (Å²) in [6.45, 7) is 12.4. The van der Waals surface area contributed by atoms with Crippen molar-refractivity contribution in [3.05, 3.63) is 46.8 Å². The number of hydrogen-bond acceptors (Lipinski definition) is 2. The molecule has 2 rings (SSSR count). The molecule has 0 saturated heterocycles. The van der Waals surface area contributed by atoms with E-state index in [0.717, 1.165) is 6.54 Å². The van der Waals surface area contributed by atoms with Gasteiger partial charge in [-0.1, -0.05) is 52.0 Å². The van der Waals surface area contributed by atoms with Crippen LogP contribution in [0.25, 0.3) is 10.4 Å². The monoisotopic (exact) mass is 301 g/mol. The Balaban J connectivity index is 2.30. The zero-order valence-electron chi connectivity index (χ0n) is 13.9. The molecule has 0 aliphatic rings. The minimum atomic E-state index is 0.173. The first-order chi connectivity index (χ1) is 9.93. The van der Waals surface area contributed by atoms with Crippen molar-refractivity contribution in [1.82, 2.24) is 5.32 Å². The van der Waals surface area contributed by atoms with Gasteiger partial charge in [0.1, 0.15) is 0 Å². The predicted octanol–water partition coefficient (Wildman–Crippen LogP) is 5.77. The molecule has 21 heavy (non-hydrogen) atoms. The molecule has 0 aliphatic carbocycles. The first-order valence-corrected chi connectivity index (χ1v) is 8.68. The minimum absolute atomic E-state index is 0.173. The largest absolute Gasteiger partial charge is 0.309 e. The highest BCUT2D eigenvalue weighted by atomic mass is 32.1. The van der Waals surface area contributed by atoms with Crippen molar-refractivity contribution in [3.8, 4) is 10.4 Å². The van der Waals surface area contributed by atoms with Crippen LogP contribution in [-0.2, 0) is 5.41 Å². The molecule has 2 heteroatoms. The van der Waals surface area contributed by atoms with Crippen LogP contribution >= 0.6 is 11.3 Å². The van der Waals surface area contributed by atoms with E-state index in [0.29, 0.717) is 6.04 Å². The van der Waals surface area contributed by atoms with Gasteiger partial charge in [0.05, 0.1) is 0 Å². The molecule has 0 fully saturated rings. The van der Waals surface area contributed by atoms with Crippen LogP contribution in [0.3, 0.4) is 0 Å². The third-order valence-electron chi connectivity index (χ3n) is 3.75. The van der Waals surface area contributed by atoms with Crippen LogP contribution in [0.5, 0.6) is 0 Å². The Morgan fingerprint density at radius 3 is 2.48 bits per heavy atom. The molecule has 0 amide bonds. The fraction of sp³-hybridized carbons (Fsp3) is 0.474. The molecule has 0 saturated carbocycles. The van der Waals surface area contributed by atoms with Crippen molar-refractivity contribution in [2.75, 3.05) is 6.54 Å². The number of benzene rings is 1. The van der Waals surface area contributed by atoms with E-state index in [-0.39, 0.29) is 5.41 Å². The Bertz CT molecular complexity index is 577. The Hall–Kier alpha value is -1.12. The van der Waals surface area contributed by atoms with Crippen LogP contribution in [-0.4, -0.2) is 6.54 Å². The molecule has 1 aromatic heterocycles. The highest BCUT2D eigenvalue weighted by Gasteiger charge is 2.19. The molecule has 0 aliphatic heterocycles. The topological polar surface area (TPSA) is 12.0 Å². The summed E-state index contributed by atoms with van der Waals surface area (Å²) in [5, 5.41) is 3.57. The second-order valence-electron chi connectivity index (χ2n) is 6.67. The van der Waals surface area contributed by atoms with Crippen molar-refractivity contribution in [1.29, 1.82) is 0 Å². The van der Waals surface area contributed by atoms with Gasteiger partial charge in [-0.3, -0.25) is 0 Å². The van der Waals surface area contributed by atoms with Crippen LogP contribution in [0, 0.1) is 0 Å². The van der Waals surface area contributed by atoms with Gasteiger partial charge in [0.25, 0.3) is 0 Å². The Labute approximate surface area is 133 Å². The molecule has 0 radical (unpaired) electrons. The van der Waals surface area contributed by atoms with Gasteiger partial charge in [-0.05, 0) is 48.6 Å². The summed E-state index contributed by atoms with van der Waals surface area (Å²) in [4.78, 5) is 2.79. The normalized spacial score (nSPS) is 13.4. The summed E-state index contributed by atoms with van der Waals surface area (Å²) in [6.07, 6.45) is 1.18. The number of thiophene rings is 1. The van der Waals surface area contributed by atoms with E-state index in [1.54, 1.807) is 0 Å². The van der Waals surface area contributed by atoms with Crippen LogP contribution in [0.4, 0.5) is 0 Å². The van der Waals surface area contributed by atoms with Crippen molar-refractivity contribution in [3.63, 3.8) is 0 Å². The fourth-order valence-corrected chi connectivity index (χ4v) is 3.62. The summed E-state index contributed by atoms with van der Waals surface area (Å²) in [7, 11) is 0. The first kappa shape index (κ1) is 16.3. The molecule has 114 valence electrons. The van der Waals surface area contributed by atoms with Crippen LogP contribution in [0.1, 0.15) is 57.5 Å². The zero-order chi connectivity index (χ0) is 15.5. The summed E-state index contributed by atoms with van der Waals surface area (Å²) in [5.41, 5.74) is 2.98. The minimum Gasteiger partial charge on any atom is -0.309 e. The van der Waals surface area contributed by atoms with Crippen LogP contribution in [0.15, 0.2) is 36.4 Å². The van der Waals surface area contributed by atoms with Gasteiger partial charge < -0.3 is 5.32 Å². The smallest absolute Gasteiger partial charge is 0.0386 e. The van der Waals surface area contributed by atoms with Gasteiger partial charge in [0.15, 0.2) is 0 Å².